The first kappa shape index (κ1) is 18.9. The molecule has 5 nitrogen and oxygen atoms in total. The highest BCUT2D eigenvalue weighted by molar-refractivity contribution is 6.30. The number of carbonyl (C=O) groups is 1. The van der Waals surface area contributed by atoms with Crippen molar-refractivity contribution in [1.82, 2.24) is 4.98 Å². The van der Waals surface area contributed by atoms with Crippen molar-refractivity contribution in [3.8, 4) is 11.6 Å². The van der Waals surface area contributed by atoms with Crippen LogP contribution in [0.25, 0.3) is 0 Å². The van der Waals surface area contributed by atoms with Gasteiger partial charge in [0.15, 0.2) is 12.7 Å². The molecule has 1 aromatic heterocycles. The highest BCUT2D eigenvalue weighted by Crippen LogP contribution is 2.20. The molecule has 0 aliphatic heterocycles. The second kappa shape index (κ2) is 8.06. The van der Waals surface area contributed by atoms with Crippen LogP contribution in [0.1, 0.15) is 6.92 Å². The Morgan fingerprint density at radius 3 is 2.68 bits per heavy atom. The summed E-state index contributed by atoms with van der Waals surface area (Å²) in [6.07, 6.45) is -4.07. The molecule has 1 unspecified atom stereocenters. The molecule has 1 amide bonds. The number of ether oxygens (including phenoxy) is 2. The van der Waals surface area contributed by atoms with Crippen LogP contribution in [-0.4, -0.2) is 29.8 Å². The van der Waals surface area contributed by atoms with Crippen LogP contribution in [0.4, 0.5) is 18.9 Å². The van der Waals surface area contributed by atoms with Gasteiger partial charge < -0.3 is 14.8 Å². The first-order chi connectivity index (χ1) is 11.7. The number of amides is 1. The van der Waals surface area contributed by atoms with Gasteiger partial charge in [-0.05, 0) is 31.2 Å². The molecular weight excluding hydrogens is 361 g/mol. The Labute approximate surface area is 146 Å². The van der Waals surface area contributed by atoms with E-state index >= 15 is 0 Å². The summed E-state index contributed by atoms with van der Waals surface area (Å²) in [6.45, 7) is 0.112. The van der Waals surface area contributed by atoms with Gasteiger partial charge in [0.1, 0.15) is 5.75 Å². The second-order valence-electron chi connectivity index (χ2n) is 5.00. The molecule has 134 valence electrons. The zero-order chi connectivity index (χ0) is 18.4. The molecule has 1 aromatic carbocycles. The van der Waals surface area contributed by atoms with Crippen LogP contribution in [0.3, 0.4) is 0 Å². The van der Waals surface area contributed by atoms with Gasteiger partial charge in [-0.25, -0.2) is 4.98 Å². The number of pyridine rings is 1. The van der Waals surface area contributed by atoms with Gasteiger partial charge in [0, 0.05) is 11.1 Å². The Hall–Kier alpha value is -2.48. The van der Waals surface area contributed by atoms with E-state index in [0.29, 0.717) is 16.5 Å². The third kappa shape index (κ3) is 6.50. The topological polar surface area (TPSA) is 60.5 Å². The molecule has 1 atom stereocenters. The fourth-order valence-corrected chi connectivity index (χ4v) is 1.92. The van der Waals surface area contributed by atoms with Gasteiger partial charge in [-0.1, -0.05) is 17.7 Å². The van der Waals surface area contributed by atoms with Crippen molar-refractivity contribution in [3.63, 3.8) is 0 Å². The average Bonchev–Trinajstić information content (AvgIpc) is 2.53. The van der Waals surface area contributed by atoms with Crippen molar-refractivity contribution in [3.05, 3.63) is 47.6 Å². The molecule has 0 saturated carbocycles. The number of alkyl halides is 3. The van der Waals surface area contributed by atoms with Gasteiger partial charge in [-0.2, -0.15) is 13.2 Å². The SMILES string of the molecule is CC(Oc1cccc(Cl)c1)C(=O)Nc1ccc(OCC(F)(F)F)nc1. The molecule has 1 heterocycles. The van der Waals surface area contributed by atoms with Crippen molar-refractivity contribution < 1.29 is 27.4 Å². The fourth-order valence-electron chi connectivity index (χ4n) is 1.74. The van der Waals surface area contributed by atoms with Crippen LogP contribution in [0.15, 0.2) is 42.6 Å². The number of aromatic nitrogens is 1. The quantitative estimate of drug-likeness (QED) is 0.827. The molecule has 2 aromatic rings. The summed E-state index contributed by atoms with van der Waals surface area (Å²) in [6, 6.07) is 9.19. The number of hydrogen-bond acceptors (Lipinski definition) is 4. The Bertz CT molecular complexity index is 723. The summed E-state index contributed by atoms with van der Waals surface area (Å²) >= 11 is 5.84. The number of rotatable bonds is 6. The van der Waals surface area contributed by atoms with Crippen molar-refractivity contribution in [2.24, 2.45) is 0 Å². The molecule has 0 fully saturated rings. The molecule has 1 N–H and O–H groups in total. The number of carbonyl (C=O) groups excluding carboxylic acids is 1. The zero-order valence-corrected chi connectivity index (χ0v) is 13.8. The number of hydrogen-bond donors (Lipinski definition) is 1. The predicted octanol–water partition coefficient (Wildman–Crippen LogP) is 4.08. The molecule has 0 spiro atoms. The van der Waals surface area contributed by atoms with Crippen molar-refractivity contribution >= 4 is 23.2 Å². The van der Waals surface area contributed by atoms with Crippen molar-refractivity contribution in [2.45, 2.75) is 19.2 Å². The minimum Gasteiger partial charge on any atom is -0.481 e. The molecule has 25 heavy (non-hydrogen) atoms. The van der Waals surface area contributed by atoms with E-state index in [1.807, 2.05) is 0 Å². The van der Waals surface area contributed by atoms with E-state index in [-0.39, 0.29) is 5.88 Å². The lowest BCUT2D eigenvalue weighted by atomic mass is 10.3. The standard InChI is InChI=1S/C16H14ClF3N2O3/c1-10(25-13-4-2-3-11(17)7-13)15(23)22-12-5-6-14(21-8-12)24-9-16(18,19)20/h2-8,10H,9H2,1H3,(H,22,23). The third-order valence-electron chi connectivity index (χ3n) is 2.87. The maximum absolute atomic E-state index is 12.1. The van der Waals surface area contributed by atoms with E-state index in [4.69, 9.17) is 16.3 Å². The normalized spacial score (nSPS) is 12.4. The number of benzene rings is 1. The molecule has 0 aliphatic carbocycles. The highest BCUT2D eigenvalue weighted by Gasteiger charge is 2.28. The maximum atomic E-state index is 12.1. The van der Waals surface area contributed by atoms with E-state index in [1.165, 1.54) is 18.3 Å². The zero-order valence-electron chi connectivity index (χ0n) is 13.0. The smallest absolute Gasteiger partial charge is 0.422 e. The van der Waals surface area contributed by atoms with Gasteiger partial charge in [-0.3, -0.25) is 4.79 Å². The lowest BCUT2D eigenvalue weighted by Gasteiger charge is -2.15. The summed E-state index contributed by atoms with van der Waals surface area (Å²) in [7, 11) is 0. The Morgan fingerprint density at radius 1 is 1.32 bits per heavy atom. The van der Waals surface area contributed by atoms with E-state index in [1.54, 1.807) is 31.2 Å². The first-order valence-electron chi connectivity index (χ1n) is 7.11. The molecule has 0 radical (unpaired) electrons. The summed E-state index contributed by atoms with van der Waals surface area (Å²) in [5, 5.41) is 3.01. The first-order valence-corrected chi connectivity index (χ1v) is 7.49. The summed E-state index contributed by atoms with van der Waals surface area (Å²) in [4.78, 5) is 15.8. The minimum absolute atomic E-state index is 0.196. The van der Waals surface area contributed by atoms with Crippen molar-refractivity contribution in [1.29, 1.82) is 0 Å². The fraction of sp³-hybridized carbons (Fsp3) is 0.250. The molecular formula is C16H14ClF3N2O3. The monoisotopic (exact) mass is 374 g/mol. The summed E-state index contributed by atoms with van der Waals surface area (Å²) in [5.74, 6) is -0.214. The third-order valence-corrected chi connectivity index (χ3v) is 3.10. The van der Waals surface area contributed by atoms with E-state index < -0.39 is 24.8 Å². The minimum atomic E-state index is -4.44. The Balaban J connectivity index is 1.89. The van der Waals surface area contributed by atoms with Gasteiger partial charge in [-0.15, -0.1) is 0 Å². The number of nitrogens with zero attached hydrogens (tertiary/aromatic N) is 1. The summed E-state index contributed by atoms with van der Waals surface area (Å²) < 4.78 is 46.1. The lowest BCUT2D eigenvalue weighted by molar-refractivity contribution is -0.154. The van der Waals surface area contributed by atoms with Crippen LogP contribution >= 0.6 is 11.6 Å². The van der Waals surface area contributed by atoms with Gasteiger partial charge in [0.2, 0.25) is 5.88 Å². The molecule has 0 aliphatic rings. The van der Waals surface area contributed by atoms with E-state index in [2.05, 4.69) is 15.0 Å². The average molecular weight is 375 g/mol. The van der Waals surface area contributed by atoms with Crippen LogP contribution < -0.4 is 14.8 Å². The highest BCUT2D eigenvalue weighted by atomic mass is 35.5. The van der Waals surface area contributed by atoms with Crippen LogP contribution in [0.5, 0.6) is 11.6 Å². The number of anilines is 1. The molecule has 2 rings (SSSR count). The molecule has 0 saturated heterocycles. The maximum Gasteiger partial charge on any atom is 0.422 e. The van der Waals surface area contributed by atoms with Gasteiger partial charge >= 0.3 is 6.18 Å². The Morgan fingerprint density at radius 2 is 2.08 bits per heavy atom. The second-order valence-corrected chi connectivity index (χ2v) is 5.43. The van der Waals surface area contributed by atoms with Crippen LogP contribution in [0, 0.1) is 0 Å². The molecule has 0 bridgehead atoms. The van der Waals surface area contributed by atoms with Gasteiger partial charge in [0.25, 0.3) is 5.91 Å². The van der Waals surface area contributed by atoms with E-state index in [0.717, 1.165) is 0 Å². The lowest BCUT2D eigenvalue weighted by Crippen LogP contribution is -2.30. The molecule has 9 heteroatoms. The van der Waals surface area contributed by atoms with E-state index in [9.17, 15) is 18.0 Å². The Kier molecular flexibility index (Phi) is 6.08. The van der Waals surface area contributed by atoms with Gasteiger partial charge in [0.05, 0.1) is 11.9 Å². The predicted molar refractivity (Wildman–Crippen MR) is 86.0 cm³/mol. The van der Waals surface area contributed by atoms with Crippen LogP contribution in [-0.2, 0) is 4.79 Å². The largest absolute Gasteiger partial charge is 0.481 e. The number of nitrogens with one attached hydrogen (secondary N) is 1. The number of halogens is 4. The summed E-state index contributed by atoms with van der Waals surface area (Å²) in [5.41, 5.74) is 0.297. The van der Waals surface area contributed by atoms with Crippen molar-refractivity contribution in [2.75, 3.05) is 11.9 Å². The van der Waals surface area contributed by atoms with Crippen LogP contribution in [0.2, 0.25) is 5.02 Å².